The lowest BCUT2D eigenvalue weighted by Crippen LogP contribution is -2.25. The predicted octanol–water partition coefficient (Wildman–Crippen LogP) is 4.50. The van der Waals surface area contributed by atoms with E-state index >= 15 is 0 Å². The fourth-order valence-corrected chi connectivity index (χ4v) is 3.45. The summed E-state index contributed by atoms with van der Waals surface area (Å²) in [5.74, 6) is -2.44. The lowest BCUT2D eigenvalue weighted by Gasteiger charge is -2.18. The van der Waals surface area contributed by atoms with E-state index in [-0.39, 0.29) is 12.4 Å². The molecule has 0 fully saturated rings. The third-order valence-corrected chi connectivity index (χ3v) is 4.74. The summed E-state index contributed by atoms with van der Waals surface area (Å²) in [4.78, 5) is 23.6. The Bertz CT molecular complexity index is 1000. The number of aromatic hydroxyl groups is 1. The molecule has 30 heavy (non-hydrogen) atoms. The van der Waals surface area contributed by atoms with Gasteiger partial charge in [-0.2, -0.15) is 13.2 Å². The summed E-state index contributed by atoms with van der Waals surface area (Å²) in [6.45, 7) is 3.36. The van der Waals surface area contributed by atoms with E-state index in [9.17, 15) is 27.9 Å². The van der Waals surface area contributed by atoms with Gasteiger partial charge in [-0.3, -0.25) is 4.79 Å². The molecule has 0 unspecified atom stereocenters. The molecule has 1 aliphatic rings. The van der Waals surface area contributed by atoms with Crippen LogP contribution in [0.2, 0.25) is 0 Å². The lowest BCUT2D eigenvalue weighted by molar-refractivity contribution is -0.152. The summed E-state index contributed by atoms with van der Waals surface area (Å²) in [6.07, 6.45) is -2.73. The van der Waals surface area contributed by atoms with E-state index in [0.717, 1.165) is 29.7 Å². The molecule has 2 aromatic carbocycles. The molecule has 9 heteroatoms. The molecule has 0 saturated heterocycles. The molecule has 0 spiro atoms. The smallest absolute Gasteiger partial charge is 0.420 e. The second kappa shape index (κ2) is 8.25. The molecule has 3 rings (SSSR count). The molecular weight excluding hydrogens is 403 g/mol. The Morgan fingerprint density at radius 3 is 2.53 bits per heavy atom. The Balaban J connectivity index is 1.94. The number of amides is 1. The van der Waals surface area contributed by atoms with E-state index in [1.165, 1.54) is 6.07 Å². The predicted molar refractivity (Wildman–Crippen MR) is 102 cm³/mol. The average Bonchev–Trinajstić information content (AvgIpc) is 3.15. The first-order chi connectivity index (χ1) is 14.1. The number of nitrogens with one attached hydrogen (secondary N) is 1. The van der Waals surface area contributed by atoms with Crippen LogP contribution in [0.25, 0.3) is 0 Å². The largest absolute Gasteiger partial charge is 0.507 e. The summed E-state index contributed by atoms with van der Waals surface area (Å²) in [5.41, 5.74) is 1.37. The van der Waals surface area contributed by atoms with Crippen molar-refractivity contribution >= 4 is 17.6 Å². The fraction of sp³-hybridized carbons (Fsp3) is 0.333. The molecule has 2 N–H and O–H groups in total. The van der Waals surface area contributed by atoms with E-state index in [2.05, 4.69) is 10.1 Å². The van der Waals surface area contributed by atoms with Gasteiger partial charge in [-0.15, -0.1) is 0 Å². The van der Waals surface area contributed by atoms with Crippen molar-refractivity contribution in [3.05, 3.63) is 46.5 Å². The van der Waals surface area contributed by atoms with E-state index in [1.807, 2.05) is 0 Å². The number of anilines is 1. The van der Waals surface area contributed by atoms with Crippen LogP contribution in [-0.2, 0) is 33.3 Å². The highest BCUT2D eigenvalue weighted by atomic mass is 19.4. The van der Waals surface area contributed by atoms with Gasteiger partial charge in [0.1, 0.15) is 22.8 Å². The average molecular weight is 423 g/mol. The van der Waals surface area contributed by atoms with Gasteiger partial charge in [-0.1, -0.05) is 0 Å². The first kappa shape index (κ1) is 21.5. The molecule has 0 radical (unpaired) electrons. The molecule has 0 atom stereocenters. The minimum absolute atomic E-state index is 0.0689. The summed E-state index contributed by atoms with van der Waals surface area (Å²) in [7, 11) is 0. The van der Waals surface area contributed by atoms with Crippen molar-refractivity contribution in [3.8, 4) is 17.2 Å². The van der Waals surface area contributed by atoms with Crippen molar-refractivity contribution in [3.63, 3.8) is 0 Å². The zero-order valence-corrected chi connectivity index (χ0v) is 16.4. The number of benzene rings is 2. The Labute approximate surface area is 170 Å². The molecule has 1 aliphatic carbocycles. The van der Waals surface area contributed by atoms with Crippen LogP contribution in [0.15, 0.2) is 24.3 Å². The molecule has 0 bridgehead atoms. The molecular formula is C21H20F3NO5. The molecule has 0 aliphatic heterocycles. The highest BCUT2D eigenvalue weighted by Gasteiger charge is 2.34. The Hall–Kier alpha value is -3.23. The van der Waals surface area contributed by atoms with Gasteiger partial charge in [0, 0.05) is 11.3 Å². The van der Waals surface area contributed by atoms with Gasteiger partial charge in [0.2, 0.25) is 0 Å². The molecule has 0 heterocycles. The van der Waals surface area contributed by atoms with Crippen LogP contribution in [0.1, 0.15) is 35.6 Å². The fourth-order valence-electron chi connectivity index (χ4n) is 3.45. The third kappa shape index (κ3) is 4.34. The van der Waals surface area contributed by atoms with Gasteiger partial charge in [-0.05, 0) is 68.5 Å². The maximum absolute atomic E-state index is 13.1. The second-order valence-corrected chi connectivity index (χ2v) is 6.83. The van der Waals surface area contributed by atoms with Gasteiger partial charge in [0.25, 0.3) is 0 Å². The molecule has 0 aromatic heterocycles. The van der Waals surface area contributed by atoms with Crippen LogP contribution in [0.5, 0.6) is 17.2 Å². The minimum atomic E-state index is -4.72. The first-order valence-electron chi connectivity index (χ1n) is 9.33. The number of alkyl halides is 3. The van der Waals surface area contributed by atoms with Gasteiger partial charge in [-0.25, -0.2) is 4.79 Å². The molecule has 0 saturated carbocycles. The van der Waals surface area contributed by atoms with Crippen LogP contribution in [-0.4, -0.2) is 23.6 Å². The highest BCUT2D eigenvalue weighted by molar-refractivity contribution is 6.37. The minimum Gasteiger partial charge on any atom is -0.507 e. The van der Waals surface area contributed by atoms with Gasteiger partial charge in [0.05, 0.1) is 6.61 Å². The topological polar surface area (TPSA) is 84.9 Å². The van der Waals surface area contributed by atoms with Crippen LogP contribution < -0.4 is 10.1 Å². The number of fused-ring (bicyclic) bond motifs is 1. The highest BCUT2D eigenvalue weighted by Crippen LogP contribution is 2.43. The Morgan fingerprint density at radius 1 is 1.17 bits per heavy atom. The first-order valence-corrected chi connectivity index (χ1v) is 9.33. The maximum Gasteiger partial charge on any atom is 0.420 e. The number of hydrogen-bond acceptors (Lipinski definition) is 5. The van der Waals surface area contributed by atoms with Crippen molar-refractivity contribution in [1.29, 1.82) is 0 Å². The van der Waals surface area contributed by atoms with E-state index in [4.69, 9.17) is 4.74 Å². The Kier molecular flexibility index (Phi) is 5.91. The second-order valence-electron chi connectivity index (χ2n) is 6.83. The number of phenolic OH excluding ortho intramolecular Hbond substituents is 1. The Morgan fingerprint density at radius 2 is 1.87 bits per heavy atom. The van der Waals surface area contributed by atoms with Gasteiger partial charge >= 0.3 is 18.1 Å². The summed E-state index contributed by atoms with van der Waals surface area (Å²) in [5, 5.41) is 12.0. The van der Waals surface area contributed by atoms with Gasteiger partial charge < -0.3 is 19.9 Å². The van der Waals surface area contributed by atoms with Crippen LogP contribution in [0.4, 0.5) is 18.9 Å². The quantitative estimate of drug-likeness (QED) is 0.559. The molecule has 1 amide bonds. The number of carbonyl (C=O) groups excluding carboxylic acids is 2. The van der Waals surface area contributed by atoms with Crippen molar-refractivity contribution in [1.82, 2.24) is 0 Å². The molecule has 160 valence electrons. The number of ether oxygens (including phenoxy) is 2. The lowest BCUT2D eigenvalue weighted by atomic mass is 10.0. The van der Waals surface area contributed by atoms with Crippen molar-refractivity contribution in [2.45, 2.75) is 39.3 Å². The van der Waals surface area contributed by atoms with E-state index in [1.54, 1.807) is 19.9 Å². The number of rotatable bonds is 4. The van der Waals surface area contributed by atoms with Crippen molar-refractivity contribution < 1.29 is 37.3 Å². The molecule has 2 aromatic rings. The normalized spacial score (nSPS) is 13.0. The number of hydrogen-bond donors (Lipinski definition) is 2. The third-order valence-electron chi connectivity index (χ3n) is 4.74. The number of phenols is 1. The summed E-state index contributed by atoms with van der Waals surface area (Å²) < 4.78 is 49.7. The van der Waals surface area contributed by atoms with Crippen LogP contribution >= 0.6 is 0 Å². The monoisotopic (exact) mass is 423 g/mol. The zero-order chi connectivity index (χ0) is 22.1. The van der Waals surface area contributed by atoms with Crippen molar-refractivity contribution in [2.75, 3.05) is 11.9 Å². The van der Waals surface area contributed by atoms with E-state index in [0.29, 0.717) is 29.8 Å². The standard InChI is InChI=1S/C21H20F3NO5/c1-3-29-20(28)19(27)25-16-9-11(2)18(14-6-4-5-13(14)16)30-12-7-8-17(26)15(10-12)21(22,23)24/h7-10,26H,3-6H2,1-2H3,(H,25,27). The summed E-state index contributed by atoms with van der Waals surface area (Å²) >= 11 is 0. The number of esters is 1. The summed E-state index contributed by atoms with van der Waals surface area (Å²) in [6, 6.07) is 4.54. The number of carbonyl (C=O) groups is 2. The van der Waals surface area contributed by atoms with E-state index < -0.39 is 29.4 Å². The van der Waals surface area contributed by atoms with Crippen LogP contribution in [0, 0.1) is 6.92 Å². The van der Waals surface area contributed by atoms with Crippen molar-refractivity contribution in [2.24, 2.45) is 0 Å². The number of halogens is 3. The maximum atomic E-state index is 13.1. The number of aryl methyl sites for hydroxylation is 1. The van der Waals surface area contributed by atoms with Gasteiger partial charge in [0.15, 0.2) is 0 Å². The SMILES string of the molecule is CCOC(=O)C(=O)Nc1cc(C)c(Oc2ccc(O)c(C(F)(F)F)c2)c2c1CCC2. The molecule has 6 nitrogen and oxygen atoms in total. The zero-order valence-electron chi connectivity index (χ0n) is 16.4. The van der Waals surface area contributed by atoms with Crippen LogP contribution in [0.3, 0.4) is 0 Å².